The summed E-state index contributed by atoms with van der Waals surface area (Å²) in [6, 6.07) is 13.1. The van der Waals surface area contributed by atoms with Gasteiger partial charge in [-0.05, 0) is 35.4 Å². The molecule has 0 unspecified atom stereocenters. The van der Waals surface area contributed by atoms with Crippen molar-refractivity contribution in [1.29, 1.82) is 0 Å². The molecule has 0 bridgehead atoms. The third kappa shape index (κ3) is 4.57. The molecule has 1 aromatic heterocycles. The molecule has 6 nitrogen and oxygen atoms in total. The maximum Gasteiger partial charge on any atom is 0.138 e. The van der Waals surface area contributed by atoms with Gasteiger partial charge in [0.1, 0.15) is 23.2 Å². The molecule has 0 spiro atoms. The average molecular weight is 391 g/mol. The SMILES string of the molecule is CN=Cc1c(N)nc(NCc2ccc(F)cc2)c(C=NC)c1-c1cccc(O)c1. The molecule has 3 rings (SSSR count). The van der Waals surface area contributed by atoms with Crippen LogP contribution in [0.4, 0.5) is 16.0 Å². The molecule has 2 aromatic carbocycles. The molecular formula is C22H22FN5O. The number of halogens is 1. The van der Waals surface area contributed by atoms with Gasteiger partial charge in [0.05, 0.1) is 0 Å². The van der Waals surface area contributed by atoms with Gasteiger partial charge in [-0.15, -0.1) is 0 Å². The number of hydrogen-bond donors (Lipinski definition) is 3. The van der Waals surface area contributed by atoms with Crippen LogP contribution in [0.1, 0.15) is 16.7 Å². The first kappa shape index (κ1) is 20.0. The van der Waals surface area contributed by atoms with E-state index in [9.17, 15) is 9.50 Å². The monoisotopic (exact) mass is 391 g/mol. The molecule has 0 saturated carbocycles. The zero-order chi connectivity index (χ0) is 20.8. The third-order valence-corrected chi connectivity index (χ3v) is 4.33. The number of anilines is 2. The molecule has 7 heteroatoms. The summed E-state index contributed by atoms with van der Waals surface area (Å²) in [5.41, 5.74) is 10.00. The minimum Gasteiger partial charge on any atom is -0.508 e. The summed E-state index contributed by atoms with van der Waals surface area (Å²) in [4.78, 5) is 12.8. The molecule has 0 saturated heterocycles. The lowest BCUT2D eigenvalue weighted by molar-refractivity contribution is 0.475. The quantitative estimate of drug-likeness (QED) is 0.556. The lowest BCUT2D eigenvalue weighted by Gasteiger charge is -2.17. The molecule has 0 aliphatic heterocycles. The van der Waals surface area contributed by atoms with E-state index in [-0.39, 0.29) is 11.6 Å². The van der Waals surface area contributed by atoms with E-state index in [1.54, 1.807) is 56.9 Å². The van der Waals surface area contributed by atoms with Gasteiger partial charge in [0.25, 0.3) is 0 Å². The summed E-state index contributed by atoms with van der Waals surface area (Å²) < 4.78 is 13.2. The van der Waals surface area contributed by atoms with E-state index < -0.39 is 0 Å². The van der Waals surface area contributed by atoms with E-state index in [1.807, 2.05) is 6.07 Å². The Hall–Kier alpha value is -3.74. The molecule has 4 N–H and O–H groups in total. The zero-order valence-corrected chi connectivity index (χ0v) is 16.2. The second kappa shape index (κ2) is 8.97. The van der Waals surface area contributed by atoms with Gasteiger partial charge in [-0.25, -0.2) is 9.37 Å². The van der Waals surface area contributed by atoms with E-state index in [4.69, 9.17) is 5.73 Å². The fourth-order valence-electron chi connectivity index (χ4n) is 3.04. The van der Waals surface area contributed by atoms with Gasteiger partial charge in [0, 0.05) is 49.8 Å². The van der Waals surface area contributed by atoms with Crippen LogP contribution in [0.2, 0.25) is 0 Å². The summed E-state index contributed by atoms with van der Waals surface area (Å²) in [6.45, 7) is 0.429. The number of benzene rings is 2. The van der Waals surface area contributed by atoms with Crippen molar-refractivity contribution in [2.24, 2.45) is 9.98 Å². The Balaban J connectivity index is 2.14. The predicted molar refractivity (Wildman–Crippen MR) is 117 cm³/mol. The van der Waals surface area contributed by atoms with Crippen LogP contribution in [0.15, 0.2) is 58.5 Å². The van der Waals surface area contributed by atoms with Crippen molar-refractivity contribution in [3.63, 3.8) is 0 Å². The number of nitrogens with zero attached hydrogens (tertiary/aromatic N) is 3. The first-order chi connectivity index (χ1) is 14.0. The zero-order valence-electron chi connectivity index (χ0n) is 16.2. The molecular weight excluding hydrogens is 369 g/mol. The summed E-state index contributed by atoms with van der Waals surface area (Å²) >= 11 is 0. The Morgan fingerprint density at radius 2 is 1.76 bits per heavy atom. The Kier molecular flexibility index (Phi) is 6.19. The van der Waals surface area contributed by atoms with Gasteiger partial charge in [-0.3, -0.25) is 9.98 Å². The van der Waals surface area contributed by atoms with Gasteiger partial charge < -0.3 is 16.2 Å². The molecule has 29 heavy (non-hydrogen) atoms. The maximum absolute atomic E-state index is 13.2. The summed E-state index contributed by atoms with van der Waals surface area (Å²) in [7, 11) is 3.32. The molecule has 0 radical (unpaired) electrons. The van der Waals surface area contributed by atoms with Crippen molar-refractivity contribution in [2.75, 3.05) is 25.1 Å². The number of aliphatic imine (C=N–C) groups is 2. The lowest BCUT2D eigenvalue weighted by atomic mass is 9.95. The number of phenols is 1. The largest absolute Gasteiger partial charge is 0.508 e. The van der Waals surface area contributed by atoms with E-state index in [2.05, 4.69) is 20.3 Å². The molecule has 3 aromatic rings. The Morgan fingerprint density at radius 1 is 1.07 bits per heavy atom. The van der Waals surface area contributed by atoms with Crippen LogP contribution in [0.3, 0.4) is 0 Å². The predicted octanol–water partition coefficient (Wildman–Crippen LogP) is 3.89. The number of nitrogens with one attached hydrogen (secondary N) is 1. The van der Waals surface area contributed by atoms with Gasteiger partial charge in [-0.1, -0.05) is 24.3 Å². The number of hydrogen-bond acceptors (Lipinski definition) is 6. The van der Waals surface area contributed by atoms with E-state index in [0.29, 0.717) is 29.3 Å². The number of aromatic hydroxyl groups is 1. The molecule has 0 aliphatic rings. The van der Waals surface area contributed by atoms with Gasteiger partial charge >= 0.3 is 0 Å². The van der Waals surface area contributed by atoms with E-state index >= 15 is 0 Å². The first-order valence-corrected chi connectivity index (χ1v) is 8.99. The first-order valence-electron chi connectivity index (χ1n) is 8.99. The topological polar surface area (TPSA) is 95.9 Å². The van der Waals surface area contributed by atoms with Gasteiger partial charge in [-0.2, -0.15) is 0 Å². The molecule has 0 amide bonds. The molecule has 148 valence electrons. The van der Waals surface area contributed by atoms with Crippen LogP contribution in [-0.4, -0.2) is 36.6 Å². The standard InChI is InChI=1S/C22H22FN5O/c1-25-12-18-20(15-4-3-5-17(29)10-15)19(13-26-2)22(28-21(18)24)27-11-14-6-8-16(23)9-7-14/h3-10,12-13,29H,11H2,1-2H3,(H3,24,27,28). The number of pyridine rings is 1. The van der Waals surface area contributed by atoms with Crippen molar-refractivity contribution in [3.05, 3.63) is 71.0 Å². The Bertz CT molecular complexity index is 1060. The normalized spacial score (nSPS) is 11.4. The van der Waals surface area contributed by atoms with Crippen LogP contribution in [-0.2, 0) is 6.54 Å². The number of rotatable bonds is 6. The van der Waals surface area contributed by atoms with Crippen LogP contribution in [0.5, 0.6) is 5.75 Å². The average Bonchev–Trinajstić information content (AvgIpc) is 2.70. The molecule has 0 fully saturated rings. The van der Waals surface area contributed by atoms with Crippen LogP contribution in [0.25, 0.3) is 11.1 Å². The van der Waals surface area contributed by atoms with Crippen molar-refractivity contribution in [2.45, 2.75) is 6.54 Å². The third-order valence-electron chi connectivity index (χ3n) is 4.33. The minimum atomic E-state index is -0.288. The molecule has 1 heterocycles. The summed E-state index contributed by atoms with van der Waals surface area (Å²) in [6.07, 6.45) is 3.32. The highest BCUT2D eigenvalue weighted by Crippen LogP contribution is 2.34. The molecule has 0 atom stereocenters. The van der Waals surface area contributed by atoms with E-state index in [1.165, 1.54) is 12.1 Å². The number of aromatic nitrogens is 1. The van der Waals surface area contributed by atoms with Crippen molar-refractivity contribution in [1.82, 2.24) is 4.98 Å². The van der Waals surface area contributed by atoms with Gasteiger partial charge in [0.15, 0.2) is 0 Å². The van der Waals surface area contributed by atoms with Crippen LogP contribution >= 0.6 is 0 Å². The number of nitrogens with two attached hydrogens (primary N) is 1. The summed E-state index contributed by atoms with van der Waals surface area (Å²) in [5, 5.41) is 13.2. The lowest BCUT2D eigenvalue weighted by Crippen LogP contribution is -2.11. The number of phenolic OH excluding ortho intramolecular Hbond substituents is 1. The number of nitrogen functional groups attached to an aromatic ring is 1. The van der Waals surface area contributed by atoms with Crippen LogP contribution in [0, 0.1) is 5.82 Å². The highest BCUT2D eigenvalue weighted by atomic mass is 19.1. The smallest absolute Gasteiger partial charge is 0.138 e. The highest BCUT2D eigenvalue weighted by molar-refractivity contribution is 6.05. The fraction of sp³-hybridized carbons (Fsp3) is 0.136. The van der Waals surface area contributed by atoms with Gasteiger partial charge in [0.2, 0.25) is 0 Å². The van der Waals surface area contributed by atoms with Crippen molar-refractivity contribution in [3.8, 4) is 16.9 Å². The Morgan fingerprint density at radius 3 is 2.41 bits per heavy atom. The highest BCUT2D eigenvalue weighted by Gasteiger charge is 2.18. The molecule has 0 aliphatic carbocycles. The minimum absolute atomic E-state index is 0.137. The maximum atomic E-state index is 13.2. The van der Waals surface area contributed by atoms with Crippen molar-refractivity contribution < 1.29 is 9.50 Å². The van der Waals surface area contributed by atoms with Crippen molar-refractivity contribution >= 4 is 24.1 Å². The summed E-state index contributed by atoms with van der Waals surface area (Å²) in [5.74, 6) is 0.676. The van der Waals surface area contributed by atoms with E-state index in [0.717, 1.165) is 16.7 Å². The second-order valence-electron chi connectivity index (χ2n) is 6.35. The second-order valence-corrected chi connectivity index (χ2v) is 6.35. The fourth-order valence-corrected chi connectivity index (χ4v) is 3.04. The Labute approximate surface area is 168 Å². The van der Waals surface area contributed by atoms with Crippen LogP contribution < -0.4 is 11.1 Å².